The molecule has 0 atom stereocenters. The van der Waals surface area contributed by atoms with Gasteiger partial charge in [0.25, 0.3) is 0 Å². The van der Waals surface area contributed by atoms with Crippen LogP contribution in [0.1, 0.15) is 32.2 Å². The van der Waals surface area contributed by atoms with Crippen LogP contribution in [0.4, 0.5) is 0 Å². The number of rotatable bonds is 8. The van der Waals surface area contributed by atoms with Crippen molar-refractivity contribution in [1.29, 1.82) is 0 Å². The molecule has 28 heavy (non-hydrogen) atoms. The molecule has 0 radical (unpaired) electrons. The van der Waals surface area contributed by atoms with Crippen molar-refractivity contribution in [2.45, 2.75) is 17.7 Å². The van der Waals surface area contributed by atoms with Gasteiger partial charge in [0.2, 0.25) is 5.78 Å². The summed E-state index contributed by atoms with van der Waals surface area (Å²) in [7, 11) is 1.48. The maximum absolute atomic E-state index is 12.5. The van der Waals surface area contributed by atoms with Crippen LogP contribution in [0.2, 0.25) is 0 Å². The number of hydrogen-bond acceptors (Lipinski definition) is 8. The number of ketones is 1. The monoisotopic (exact) mass is 398 g/mol. The van der Waals surface area contributed by atoms with E-state index in [9.17, 15) is 9.59 Å². The van der Waals surface area contributed by atoms with Crippen LogP contribution in [0.3, 0.4) is 0 Å². The van der Waals surface area contributed by atoms with E-state index in [4.69, 9.17) is 14.0 Å². The minimum Gasteiger partial charge on any atom is -0.496 e. The van der Waals surface area contributed by atoms with E-state index >= 15 is 0 Å². The van der Waals surface area contributed by atoms with E-state index in [2.05, 4.69) is 10.1 Å². The van der Waals surface area contributed by atoms with E-state index in [-0.39, 0.29) is 12.4 Å². The molecule has 3 rings (SSSR count). The number of benzene rings is 1. The zero-order valence-corrected chi connectivity index (χ0v) is 16.2. The summed E-state index contributed by atoms with van der Waals surface area (Å²) in [6.45, 7) is 1.42. The number of esters is 1. The van der Waals surface area contributed by atoms with Crippen LogP contribution in [-0.4, -0.2) is 35.6 Å². The zero-order chi connectivity index (χ0) is 19.9. The molecular weight excluding hydrogens is 380 g/mol. The summed E-state index contributed by atoms with van der Waals surface area (Å²) in [6.07, 6.45) is 1.59. The molecule has 0 aliphatic carbocycles. The van der Waals surface area contributed by atoms with Gasteiger partial charge in [0.1, 0.15) is 16.5 Å². The molecule has 0 aliphatic rings. The van der Waals surface area contributed by atoms with Gasteiger partial charge in [-0.2, -0.15) is 0 Å². The van der Waals surface area contributed by atoms with E-state index in [0.717, 1.165) is 5.69 Å². The second-order valence-electron chi connectivity index (χ2n) is 5.77. The molecule has 2 heterocycles. The van der Waals surface area contributed by atoms with E-state index in [1.165, 1.54) is 18.9 Å². The largest absolute Gasteiger partial charge is 0.496 e. The molecule has 3 aromatic rings. The van der Waals surface area contributed by atoms with Crippen LogP contribution in [0.25, 0.3) is 0 Å². The van der Waals surface area contributed by atoms with Crippen molar-refractivity contribution < 1.29 is 23.6 Å². The first-order valence-corrected chi connectivity index (χ1v) is 9.40. The van der Waals surface area contributed by atoms with Crippen LogP contribution in [0.5, 0.6) is 5.75 Å². The first-order valence-electron chi connectivity index (χ1n) is 8.42. The highest BCUT2D eigenvalue weighted by Gasteiger charge is 2.18. The maximum Gasteiger partial charge on any atom is 0.341 e. The number of para-hydroxylation sites is 1. The second-order valence-corrected chi connectivity index (χ2v) is 6.74. The third kappa shape index (κ3) is 4.77. The average molecular weight is 398 g/mol. The van der Waals surface area contributed by atoms with E-state index in [1.807, 2.05) is 13.0 Å². The number of Topliss-reactive ketones (excluding diaryl/α,β-unsaturated/α-hetero) is 1. The van der Waals surface area contributed by atoms with Crippen molar-refractivity contribution in [1.82, 2.24) is 10.1 Å². The number of hydrogen-bond donors (Lipinski definition) is 0. The van der Waals surface area contributed by atoms with Gasteiger partial charge in [0.05, 0.1) is 23.9 Å². The van der Waals surface area contributed by atoms with Crippen LogP contribution >= 0.6 is 11.8 Å². The first kappa shape index (κ1) is 19.6. The fourth-order valence-electron chi connectivity index (χ4n) is 2.45. The summed E-state index contributed by atoms with van der Waals surface area (Å²) in [5, 5.41) is 4.42. The van der Waals surface area contributed by atoms with Crippen LogP contribution in [0, 0.1) is 6.92 Å². The van der Waals surface area contributed by atoms with Crippen LogP contribution in [0.15, 0.2) is 58.2 Å². The summed E-state index contributed by atoms with van der Waals surface area (Å²) in [6, 6.07) is 11.9. The Kier molecular flexibility index (Phi) is 6.44. The number of aryl methyl sites for hydroxylation is 1. The molecule has 0 unspecified atom stereocenters. The number of methoxy groups -OCH3 is 1. The molecule has 144 valence electrons. The Hall–Kier alpha value is -3.13. The molecule has 7 nitrogen and oxygen atoms in total. The van der Waals surface area contributed by atoms with Gasteiger partial charge in [-0.05, 0) is 31.2 Å². The number of carbonyl (C=O) groups excluding carboxylic acids is 2. The highest BCUT2D eigenvalue weighted by Crippen LogP contribution is 2.25. The smallest absolute Gasteiger partial charge is 0.341 e. The van der Waals surface area contributed by atoms with Gasteiger partial charge in [-0.3, -0.25) is 4.79 Å². The van der Waals surface area contributed by atoms with Crippen LogP contribution < -0.4 is 4.74 Å². The van der Waals surface area contributed by atoms with E-state index < -0.39 is 5.97 Å². The van der Waals surface area contributed by atoms with Crippen molar-refractivity contribution >= 4 is 23.5 Å². The third-order valence-corrected chi connectivity index (χ3v) is 4.81. The van der Waals surface area contributed by atoms with Crippen molar-refractivity contribution in [3.05, 3.63) is 71.2 Å². The standard InChI is InChI=1S/C20H18N2O5S/c1-13-10-14(22-27-13)12-28-19-16(7-5-9-21-19)20(24)26-11-17(23)15-6-3-4-8-18(15)25-2/h3-10H,11-12H2,1-2H3. The average Bonchev–Trinajstić information content (AvgIpc) is 3.15. The Morgan fingerprint density at radius 1 is 1.14 bits per heavy atom. The van der Waals surface area contributed by atoms with Gasteiger partial charge in [0, 0.05) is 18.0 Å². The Morgan fingerprint density at radius 3 is 2.68 bits per heavy atom. The molecule has 0 aliphatic heterocycles. The summed E-state index contributed by atoms with van der Waals surface area (Å²) in [5.74, 6) is 0.682. The minimum absolute atomic E-state index is 0.292. The Morgan fingerprint density at radius 2 is 1.93 bits per heavy atom. The van der Waals surface area contributed by atoms with Crippen LogP contribution in [-0.2, 0) is 10.5 Å². The van der Waals surface area contributed by atoms with Crippen molar-refractivity contribution in [3.63, 3.8) is 0 Å². The molecule has 0 amide bonds. The number of nitrogens with zero attached hydrogens (tertiary/aromatic N) is 2. The SMILES string of the molecule is COc1ccccc1C(=O)COC(=O)c1cccnc1SCc1cc(C)on1. The van der Waals surface area contributed by atoms with Crippen molar-refractivity contribution in [2.75, 3.05) is 13.7 Å². The topological polar surface area (TPSA) is 91.5 Å². The van der Waals surface area contributed by atoms with Gasteiger partial charge in [-0.1, -0.05) is 29.1 Å². The molecule has 0 saturated heterocycles. The van der Waals surface area contributed by atoms with Gasteiger partial charge in [-0.25, -0.2) is 9.78 Å². The molecule has 2 aromatic heterocycles. The Balaban J connectivity index is 1.65. The molecule has 8 heteroatoms. The van der Waals surface area contributed by atoms with E-state index in [0.29, 0.717) is 33.4 Å². The predicted molar refractivity (Wildman–Crippen MR) is 103 cm³/mol. The molecule has 0 bridgehead atoms. The highest BCUT2D eigenvalue weighted by molar-refractivity contribution is 7.98. The lowest BCUT2D eigenvalue weighted by Crippen LogP contribution is -2.15. The lowest BCUT2D eigenvalue weighted by molar-refractivity contribution is 0.0469. The Bertz CT molecular complexity index is 986. The van der Waals surface area contributed by atoms with E-state index in [1.54, 1.807) is 42.6 Å². The summed E-state index contributed by atoms with van der Waals surface area (Å²) in [4.78, 5) is 29.1. The molecule has 0 N–H and O–H groups in total. The van der Waals surface area contributed by atoms with Crippen molar-refractivity contribution in [2.24, 2.45) is 0 Å². The second kappa shape index (κ2) is 9.18. The molecule has 0 fully saturated rings. The highest BCUT2D eigenvalue weighted by atomic mass is 32.2. The number of aromatic nitrogens is 2. The quantitative estimate of drug-likeness (QED) is 0.322. The number of ether oxygens (including phenoxy) is 2. The summed E-state index contributed by atoms with van der Waals surface area (Å²) in [5.41, 5.74) is 1.40. The summed E-state index contributed by atoms with van der Waals surface area (Å²) >= 11 is 1.34. The first-order chi connectivity index (χ1) is 13.6. The maximum atomic E-state index is 12.5. The third-order valence-electron chi connectivity index (χ3n) is 3.77. The zero-order valence-electron chi connectivity index (χ0n) is 15.4. The fraction of sp³-hybridized carbons (Fsp3) is 0.200. The van der Waals surface area contributed by atoms with Crippen molar-refractivity contribution in [3.8, 4) is 5.75 Å². The lowest BCUT2D eigenvalue weighted by atomic mass is 10.1. The number of pyridine rings is 1. The number of carbonyl (C=O) groups is 2. The number of thioether (sulfide) groups is 1. The normalized spacial score (nSPS) is 10.5. The van der Waals surface area contributed by atoms with Gasteiger partial charge in [0.15, 0.2) is 6.61 Å². The Labute approximate surface area is 166 Å². The van der Waals surface area contributed by atoms with Gasteiger partial charge < -0.3 is 14.0 Å². The lowest BCUT2D eigenvalue weighted by Gasteiger charge is -2.09. The predicted octanol–water partition coefficient (Wildman–Crippen LogP) is 3.72. The fourth-order valence-corrected chi connectivity index (χ4v) is 3.31. The minimum atomic E-state index is -0.616. The summed E-state index contributed by atoms with van der Waals surface area (Å²) < 4.78 is 15.4. The molecular formula is C20H18N2O5S. The molecule has 1 aromatic carbocycles. The molecule has 0 spiro atoms. The van der Waals surface area contributed by atoms with Gasteiger partial charge in [-0.15, -0.1) is 0 Å². The van der Waals surface area contributed by atoms with Gasteiger partial charge >= 0.3 is 5.97 Å². The molecule has 0 saturated carbocycles.